The van der Waals surface area contributed by atoms with E-state index in [0.29, 0.717) is 5.56 Å². The second kappa shape index (κ2) is 9.51. The van der Waals surface area contributed by atoms with E-state index in [4.69, 9.17) is 4.74 Å². The highest BCUT2D eigenvalue weighted by molar-refractivity contribution is 7.79. The van der Waals surface area contributed by atoms with Crippen LogP contribution in [0.15, 0.2) is 59.5 Å². The van der Waals surface area contributed by atoms with Crippen molar-refractivity contribution in [2.45, 2.75) is 11.5 Å². The summed E-state index contributed by atoms with van der Waals surface area (Å²) in [5.74, 6) is 3.91. The van der Waals surface area contributed by atoms with Gasteiger partial charge in [-0.1, -0.05) is 36.3 Å². The van der Waals surface area contributed by atoms with Crippen molar-refractivity contribution in [3.63, 3.8) is 0 Å². The number of esters is 1. The lowest BCUT2D eigenvalue weighted by Gasteiger charge is -2.14. The minimum atomic E-state index is -2.34. The molecule has 0 saturated heterocycles. The van der Waals surface area contributed by atoms with Crippen LogP contribution in [0.1, 0.15) is 15.9 Å². The first-order valence-electron chi connectivity index (χ1n) is 7.61. The molecule has 0 bridgehead atoms. The fraction of sp³-hybridized carbons (Fsp3) is 0.158. The summed E-state index contributed by atoms with van der Waals surface area (Å²) in [6.07, 6.45) is 0. The highest BCUT2D eigenvalue weighted by Crippen LogP contribution is 2.09. The number of ether oxygens (including phenoxy) is 1. The lowest BCUT2D eigenvalue weighted by Crippen LogP contribution is -2.27. The van der Waals surface area contributed by atoms with Gasteiger partial charge in [0.1, 0.15) is 6.61 Å². The zero-order chi connectivity index (χ0) is 18.9. The third-order valence-corrected chi connectivity index (χ3v) is 4.02. The maximum Gasteiger partial charge on any atom is 0.384 e. The van der Waals surface area contributed by atoms with Gasteiger partial charge in [-0.05, 0) is 40.9 Å². The van der Waals surface area contributed by atoms with Crippen LogP contribution < -0.4 is 0 Å². The molecule has 0 aliphatic heterocycles. The van der Waals surface area contributed by atoms with Gasteiger partial charge in [0.05, 0.1) is 6.54 Å². The van der Waals surface area contributed by atoms with Gasteiger partial charge in [-0.15, -0.1) is 0 Å². The molecule has 2 aromatic rings. The molecule has 1 atom stereocenters. The monoisotopic (exact) mass is 370 g/mol. The van der Waals surface area contributed by atoms with Crippen LogP contribution in [-0.4, -0.2) is 39.1 Å². The standard InChI is InChI=1S/C19H17NO5S/c1-20(19(22)16-9-11-17(12-10-16)26(23)24)13-5-8-18(21)25-14-15-6-3-2-4-7-15/h2-4,6-7,9-12H,13-14H2,1H3,(H,23,24)/p-1. The average molecular weight is 370 g/mol. The van der Waals surface area contributed by atoms with Crippen molar-refractivity contribution in [2.24, 2.45) is 0 Å². The molecule has 7 heteroatoms. The minimum Gasteiger partial charge on any atom is -0.768 e. The molecule has 0 aliphatic carbocycles. The van der Waals surface area contributed by atoms with Crippen LogP contribution in [0.4, 0.5) is 0 Å². The van der Waals surface area contributed by atoms with E-state index in [1.165, 1.54) is 36.2 Å². The third kappa shape index (κ3) is 5.84. The Morgan fingerprint density at radius 1 is 1.12 bits per heavy atom. The predicted molar refractivity (Wildman–Crippen MR) is 94.6 cm³/mol. The Morgan fingerprint density at radius 3 is 2.38 bits per heavy atom. The first-order chi connectivity index (χ1) is 12.5. The number of hydrogen-bond acceptors (Lipinski definition) is 5. The van der Waals surface area contributed by atoms with Crippen LogP contribution in [-0.2, 0) is 27.2 Å². The summed E-state index contributed by atoms with van der Waals surface area (Å²) >= 11 is -2.34. The molecule has 1 amide bonds. The Balaban J connectivity index is 1.84. The number of nitrogens with zero attached hydrogens (tertiary/aromatic N) is 1. The molecule has 2 aromatic carbocycles. The summed E-state index contributed by atoms with van der Waals surface area (Å²) in [7, 11) is 1.53. The molecule has 0 spiro atoms. The molecule has 0 heterocycles. The zero-order valence-electron chi connectivity index (χ0n) is 14.0. The largest absolute Gasteiger partial charge is 0.768 e. The van der Waals surface area contributed by atoms with E-state index in [1.54, 1.807) is 0 Å². The number of amides is 1. The molecule has 26 heavy (non-hydrogen) atoms. The Morgan fingerprint density at radius 2 is 1.77 bits per heavy atom. The first kappa shape index (κ1) is 19.4. The normalized spacial score (nSPS) is 11.0. The Kier molecular flexibility index (Phi) is 7.09. The van der Waals surface area contributed by atoms with Gasteiger partial charge in [0.2, 0.25) is 0 Å². The Hall–Kier alpha value is -2.95. The van der Waals surface area contributed by atoms with Crippen LogP contribution in [0.25, 0.3) is 0 Å². The van der Waals surface area contributed by atoms with Crippen molar-refractivity contribution < 1.29 is 23.1 Å². The van der Waals surface area contributed by atoms with Gasteiger partial charge in [0.15, 0.2) is 0 Å². The lowest BCUT2D eigenvalue weighted by molar-refractivity contribution is -0.137. The predicted octanol–water partition coefficient (Wildman–Crippen LogP) is 1.74. The quantitative estimate of drug-likeness (QED) is 0.346. The van der Waals surface area contributed by atoms with E-state index < -0.39 is 17.0 Å². The third-order valence-electron chi connectivity index (χ3n) is 3.36. The molecule has 2 rings (SSSR count). The molecule has 134 valence electrons. The highest BCUT2D eigenvalue weighted by Gasteiger charge is 2.10. The molecule has 1 unspecified atom stereocenters. The van der Waals surface area contributed by atoms with Gasteiger partial charge in [-0.3, -0.25) is 9.00 Å². The number of carbonyl (C=O) groups excluding carboxylic acids is 2. The number of rotatable bonds is 5. The number of carbonyl (C=O) groups is 2. The molecule has 0 fully saturated rings. The maximum absolute atomic E-state index is 12.2. The van der Waals surface area contributed by atoms with Crippen molar-refractivity contribution >= 4 is 23.0 Å². The van der Waals surface area contributed by atoms with E-state index in [-0.39, 0.29) is 24.0 Å². The molecule has 0 radical (unpaired) electrons. The first-order valence-corrected chi connectivity index (χ1v) is 8.69. The minimum absolute atomic E-state index is 0.0362. The molecule has 6 nitrogen and oxygen atoms in total. The fourth-order valence-electron chi connectivity index (χ4n) is 1.99. The lowest BCUT2D eigenvalue weighted by atomic mass is 10.2. The summed E-state index contributed by atoms with van der Waals surface area (Å²) in [5, 5.41) is 0. The van der Waals surface area contributed by atoms with Crippen LogP contribution in [0.3, 0.4) is 0 Å². The summed E-state index contributed by atoms with van der Waals surface area (Å²) in [5.41, 5.74) is 1.19. The summed E-state index contributed by atoms with van der Waals surface area (Å²) < 4.78 is 26.6. The fourth-order valence-corrected chi connectivity index (χ4v) is 2.35. The number of benzene rings is 2. The second-order valence-corrected chi connectivity index (χ2v) is 6.22. The van der Waals surface area contributed by atoms with Crippen molar-refractivity contribution in [3.05, 3.63) is 65.7 Å². The van der Waals surface area contributed by atoms with Gasteiger partial charge in [0, 0.05) is 23.4 Å². The van der Waals surface area contributed by atoms with Gasteiger partial charge >= 0.3 is 5.97 Å². The SMILES string of the molecule is CN(CC#CC(=O)OCc1ccccc1)C(=O)c1ccc(S(=O)[O-])cc1. The highest BCUT2D eigenvalue weighted by atomic mass is 32.2. The molecular weight excluding hydrogens is 354 g/mol. The summed E-state index contributed by atoms with van der Waals surface area (Å²) in [6, 6.07) is 14.8. The maximum atomic E-state index is 12.2. The number of hydrogen-bond donors (Lipinski definition) is 0. The van der Waals surface area contributed by atoms with E-state index in [9.17, 15) is 18.4 Å². The van der Waals surface area contributed by atoms with Crippen molar-refractivity contribution in [1.29, 1.82) is 0 Å². The smallest absolute Gasteiger partial charge is 0.384 e. The zero-order valence-corrected chi connectivity index (χ0v) is 14.8. The van der Waals surface area contributed by atoms with E-state index in [2.05, 4.69) is 11.8 Å². The topological polar surface area (TPSA) is 86.7 Å². The van der Waals surface area contributed by atoms with Gasteiger partial charge in [-0.2, -0.15) is 0 Å². The molecule has 0 saturated carbocycles. The second-order valence-electron chi connectivity index (χ2n) is 5.28. The molecule has 0 N–H and O–H groups in total. The van der Waals surface area contributed by atoms with Crippen LogP contribution >= 0.6 is 0 Å². The Labute approximate surface area is 154 Å². The van der Waals surface area contributed by atoms with Crippen molar-refractivity contribution in [3.8, 4) is 11.8 Å². The van der Waals surface area contributed by atoms with E-state index >= 15 is 0 Å². The molecule has 0 aliphatic rings. The molecular formula is C19H16NO5S-. The van der Waals surface area contributed by atoms with Gasteiger partial charge < -0.3 is 14.2 Å². The van der Waals surface area contributed by atoms with Crippen molar-refractivity contribution in [2.75, 3.05) is 13.6 Å². The molecule has 0 aromatic heterocycles. The summed E-state index contributed by atoms with van der Waals surface area (Å²) in [6.45, 7) is 0.172. The van der Waals surface area contributed by atoms with Crippen molar-refractivity contribution in [1.82, 2.24) is 4.90 Å². The van der Waals surface area contributed by atoms with E-state index in [0.717, 1.165) is 5.56 Å². The van der Waals surface area contributed by atoms with Crippen LogP contribution in [0, 0.1) is 11.8 Å². The van der Waals surface area contributed by atoms with Gasteiger partial charge in [0.25, 0.3) is 5.91 Å². The average Bonchev–Trinajstić information content (AvgIpc) is 2.66. The van der Waals surface area contributed by atoms with Crippen LogP contribution in [0.5, 0.6) is 0 Å². The van der Waals surface area contributed by atoms with Gasteiger partial charge in [-0.25, -0.2) is 4.79 Å². The summed E-state index contributed by atoms with van der Waals surface area (Å²) in [4.78, 5) is 25.2. The Bertz CT molecular complexity index is 853. The van der Waals surface area contributed by atoms with Crippen LogP contribution in [0.2, 0.25) is 0 Å². The van der Waals surface area contributed by atoms with E-state index in [1.807, 2.05) is 30.3 Å².